The molecule has 0 bridgehead atoms. The first-order chi connectivity index (χ1) is 9.93. The van der Waals surface area contributed by atoms with Gasteiger partial charge in [-0.15, -0.1) is 5.10 Å². The van der Waals surface area contributed by atoms with Gasteiger partial charge in [-0.2, -0.15) is 0 Å². The molecule has 0 saturated heterocycles. The Hall–Kier alpha value is -1.01. The standard InChI is InChI=1S/C12H9Cl4N3O2/c1-2-21-12(20)10-17-11(9(15)16)19(18-10)8-4-3-6(13)5-7(8)14/h3-5,9H,2H2,1H3. The Bertz CT molecular complexity index is 673. The van der Waals surface area contributed by atoms with Gasteiger partial charge in [0, 0.05) is 5.02 Å². The van der Waals surface area contributed by atoms with Gasteiger partial charge < -0.3 is 4.74 Å². The maximum absolute atomic E-state index is 11.7. The lowest BCUT2D eigenvalue weighted by Crippen LogP contribution is -2.08. The van der Waals surface area contributed by atoms with Crippen LogP contribution in [0, 0.1) is 0 Å². The Balaban J connectivity index is 2.53. The third kappa shape index (κ3) is 3.61. The summed E-state index contributed by atoms with van der Waals surface area (Å²) < 4.78 is 6.13. The minimum atomic E-state index is -0.993. The molecule has 1 aromatic carbocycles. The van der Waals surface area contributed by atoms with Crippen molar-refractivity contribution >= 4 is 52.4 Å². The van der Waals surface area contributed by atoms with Crippen LogP contribution in [0.15, 0.2) is 18.2 Å². The summed E-state index contributed by atoms with van der Waals surface area (Å²) in [5.74, 6) is -0.661. The molecular weight excluding hydrogens is 360 g/mol. The predicted octanol–water partition coefficient (Wildman–Crippen LogP) is 4.23. The van der Waals surface area contributed by atoms with E-state index < -0.39 is 10.8 Å². The quantitative estimate of drug-likeness (QED) is 0.598. The highest BCUT2D eigenvalue weighted by molar-refractivity contribution is 6.43. The van der Waals surface area contributed by atoms with Crippen molar-refractivity contribution in [3.63, 3.8) is 0 Å². The Morgan fingerprint density at radius 3 is 2.67 bits per heavy atom. The van der Waals surface area contributed by atoms with Gasteiger partial charge in [0.05, 0.1) is 17.3 Å². The number of aromatic nitrogens is 3. The summed E-state index contributed by atoms with van der Waals surface area (Å²) in [6.07, 6.45) is 0. The summed E-state index contributed by atoms with van der Waals surface area (Å²) >= 11 is 23.7. The predicted molar refractivity (Wildman–Crippen MR) is 81.8 cm³/mol. The molecule has 9 heteroatoms. The highest BCUT2D eigenvalue weighted by Crippen LogP contribution is 2.29. The van der Waals surface area contributed by atoms with Gasteiger partial charge in [-0.05, 0) is 25.1 Å². The number of ether oxygens (including phenoxy) is 1. The number of carbonyl (C=O) groups is 1. The van der Waals surface area contributed by atoms with Gasteiger partial charge in [-0.25, -0.2) is 14.5 Å². The molecule has 0 fully saturated rings. The number of alkyl halides is 2. The van der Waals surface area contributed by atoms with E-state index in [1.807, 2.05) is 0 Å². The fourth-order valence-electron chi connectivity index (χ4n) is 1.58. The molecule has 0 spiro atoms. The number of hydrogen-bond donors (Lipinski definition) is 0. The molecule has 21 heavy (non-hydrogen) atoms. The van der Waals surface area contributed by atoms with Crippen LogP contribution in [0.25, 0.3) is 5.69 Å². The van der Waals surface area contributed by atoms with Crippen LogP contribution in [-0.2, 0) is 4.74 Å². The van der Waals surface area contributed by atoms with Crippen LogP contribution in [-0.4, -0.2) is 27.3 Å². The normalized spacial score (nSPS) is 11.0. The third-order valence-electron chi connectivity index (χ3n) is 2.42. The number of carbonyl (C=O) groups excluding carboxylic acids is 1. The Labute approximate surface area is 140 Å². The second-order valence-electron chi connectivity index (χ2n) is 3.82. The van der Waals surface area contributed by atoms with Gasteiger partial charge >= 0.3 is 5.97 Å². The summed E-state index contributed by atoms with van der Waals surface area (Å²) in [7, 11) is 0. The molecule has 5 nitrogen and oxygen atoms in total. The number of benzene rings is 1. The van der Waals surface area contributed by atoms with Crippen molar-refractivity contribution in [3.8, 4) is 5.69 Å². The highest BCUT2D eigenvalue weighted by atomic mass is 35.5. The Kier molecular flexibility index (Phi) is 5.32. The van der Waals surface area contributed by atoms with E-state index >= 15 is 0 Å². The van der Waals surface area contributed by atoms with Crippen molar-refractivity contribution in [1.82, 2.24) is 14.8 Å². The molecule has 0 aliphatic rings. The molecule has 0 N–H and O–H groups in total. The van der Waals surface area contributed by atoms with Gasteiger partial charge in [-0.1, -0.05) is 46.4 Å². The summed E-state index contributed by atoms with van der Waals surface area (Å²) in [6.45, 7) is 1.88. The minimum Gasteiger partial charge on any atom is -0.460 e. The number of halogens is 4. The SMILES string of the molecule is CCOC(=O)c1nc(C(Cl)Cl)n(-c2ccc(Cl)cc2Cl)n1. The van der Waals surface area contributed by atoms with Gasteiger partial charge in [0.15, 0.2) is 10.7 Å². The van der Waals surface area contributed by atoms with Gasteiger partial charge in [0.25, 0.3) is 5.82 Å². The number of hydrogen-bond acceptors (Lipinski definition) is 4. The van der Waals surface area contributed by atoms with E-state index in [0.717, 1.165) is 0 Å². The van der Waals surface area contributed by atoms with Crippen molar-refractivity contribution in [2.45, 2.75) is 11.8 Å². The molecule has 0 unspecified atom stereocenters. The molecule has 0 saturated carbocycles. The highest BCUT2D eigenvalue weighted by Gasteiger charge is 2.23. The number of nitrogens with zero attached hydrogens (tertiary/aromatic N) is 3. The molecule has 1 aromatic heterocycles. The van der Waals surface area contributed by atoms with E-state index in [-0.39, 0.29) is 18.3 Å². The summed E-state index contributed by atoms with van der Waals surface area (Å²) in [6, 6.07) is 4.77. The van der Waals surface area contributed by atoms with Crippen molar-refractivity contribution in [2.75, 3.05) is 6.61 Å². The summed E-state index contributed by atoms with van der Waals surface area (Å²) in [4.78, 5) is 14.7. The Morgan fingerprint density at radius 2 is 2.10 bits per heavy atom. The average Bonchev–Trinajstić information content (AvgIpc) is 2.84. The lowest BCUT2D eigenvalue weighted by atomic mass is 10.3. The molecule has 0 atom stereocenters. The molecule has 112 valence electrons. The summed E-state index contributed by atoms with van der Waals surface area (Å²) in [5.41, 5.74) is 0.449. The van der Waals surface area contributed by atoms with E-state index in [1.54, 1.807) is 19.1 Å². The molecule has 0 radical (unpaired) electrons. The maximum Gasteiger partial charge on any atom is 0.378 e. The lowest BCUT2D eigenvalue weighted by molar-refractivity contribution is 0.0512. The third-order valence-corrected chi connectivity index (χ3v) is 3.35. The van der Waals surface area contributed by atoms with Crippen LogP contribution in [0.5, 0.6) is 0 Å². The van der Waals surface area contributed by atoms with Crippen LogP contribution < -0.4 is 0 Å². The molecular formula is C12H9Cl4N3O2. The number of esters is 1. The molecule has 0 amide bonds. The van der Waals surface area contributed by atoms with Crippen LogP contribution in [0.1, 0.15) is 28.2 Å². The van der Waals surface area contributed by atoms with E-state index in [1.165, 1.54) is 10.7 Å². The largest absolute Gasteiger partial charge is 0.460 e. The molecule has 0 aliphatic heterocycles. The monoisotopic (exact) mass is 367 g/mol. The van der Waals surface area contributed by atoms with E-state index in [4.69, 9.17) is 51.1 Å². The first-order valence-electron chi connectivity index (χ1n) is 5.81. The fourth-order valence-corrected chi connectivity index (χ4v) is 2.35. The van der Waals surface area contributed by atoms with Gasteiger partial charge in [0.1, 0.15) is 0 Å². The van der Waals surface area contributed by atoms with E-state index in [0.29, 0.717) is 15.7 Å². The van der Waals surface area contributed by atoms with Crippen molar-refractivity contribution in [1.29, 1.82) is 0 Å². The zero-order valence-electron chi connectivity index (χ0n) is 10.7. The van der Waals surface area contributed by atoms with Gasteiger partial charge in [0.2, 0.25) is 0 Å². The molecule has 2 rings (SSSR count). The van der Waals surface area contributed by atoms with Crippen molar-refractivity contribution in [3.05, 3.63) is 39.9 Å². The minimum absolute atomic E-state index is 0.149. The first-order valence-corrected chi connectivity index (χ1v) is 7.44. The average molecular weight is 369 g/mol. The Morgan fingerprint density at radius 1 is 1.38 bits per heavy atom. The van der Waals surface area contributed by atoms with E-state index in [2.05, 4.69) is 10.1 Å². The van der Waals surface area contributed by atoms with Crippen molar-refractivity contribution in [2.24, 2.45) is 0 Å². The topological polar surface area (TPSA) is 57.0 Å². The molecule has 2 aromatic rings. The smallest absolute Gasteiger partial charge is 0.378 e. The zero-order valence-corrected chi connectivity index (χ0v) is 13.7. The first kappa shape index (κ1) is 16.4. The molecule has 0 aliphatic carbocycles. The maximum atomic E-state index is 11.7. The van der Waals surface area contributed by atoms with Crippen LogP contribution in [0.4, 0.5) is 0 Å². The summed E-state index contributed by atoms with van der Waals surface area (Å²) in [5, 5.41) is 4.83. The van der Waals surface area contributed by atoms with E-state index in [9.17, 15) is 4.79 Å². The van der Waals surface area contributed by atoms with Crippen LogP contribution in [0.3, 0.4) is 0 Å². The second-order valence-corrected chi connectivity index (χ2v) is 5.76. The molecule has 1 heterocycles. The second kappa shape index (κ2) is 6.83. The number of rotatable bonds is 4. The zero-order chi connectivity index (χ0) is 15.6. The fraction of sp³-hybridized carbons (Fsp3) is 0.250. The van der Waals surface area contributed by atoms with Crippen LogP contribution in [0.2, 0.25) is 10.0 Å². The van der Waals surface area contributed by atoms with Gasteiger partial charge in [-0.3, -0.25) is 0 Å². The van der Waals surface area contributed by atoms with Crippen molar-refractivity contribution < 1.29 is 9.53 Å². The van der Waals surface area contributed by atoms with Crippen LogP contribution >= 0.6 is 46.4 Å². The lowest BCUT2D eigenvalue weighted by Gasteiger charge is -2.08.